The first-order valence-corrected chi connectivity index (χ1v) is 7.84. The molecule has 0 saturated carbocycles. The molecule has 8 nitrogen and oxygen atoms in total. The van der Waals surface area contributed by atoms with E-state index in [9.17, 15) is 16.8 Å². The summed E-state index contributed by atoms with van der Waals surface area (Å²) in [6, 6.07) is -1.67. The Morgan fingerprint density at radius 2 is 1.12 bits per heavy atom. The SMILES string of the molecule is CS(=O)(=O)OC[C@@H](N)[C@H](N)COS(C)(=O)=O. The van der Waals surface area contributed by atoms with E-state index in [1.807, 2.05) is 0 Å². The Kier molecular flexibility index (Phi) is 5.79. The van der Waals surface area contributed by atoms with Crippen LogP contribution in [0.1, 0.15) is 0 Å². The van der Waals surface area contributed by atoms with Gasteiger partial charge < -0.3 is 11.5 Å². The van der Waals surface area contributed by atoms with Crippen molar-refractivity contribution >= 4 is 20.2 Å². The molecule has 0 aromatic carbocycles. The fourth-order valence-electron chi connectivity index (χ4n) is 0.652. The van der Waals surface area contributed by atoms with Crippen molar-refractivity contribution in [3.8, 4) is 0 Å². The Morgan fingerprint density at radius 1 is 0.875 bits per heavy atom. The van der Waals surface area contributed by atoms with Crippen LogP contribution >= 0.6 is 0 Å². The van der Waals surface area contributed by atoms with E-state index in [2.05, 4.69) is 8.37 Å². The molecule has 0 aliphatic heterocycles. The Bertz CT molecular complexity index is 363. The highest BCUT2D eigenvalue weighted by Crippen LogP contribution is 1.96. The molecule has 0 fully saturated rings. The molecular weight excluding hydrogens is 260 g/mol. The van der Waals surface area contributed by atoms with Crippen molar-refractivity contribution in [3.63, 3.8) is 0 Å². The van der Waals surface area contributed by atoms with Gasteiger partial charge in [0.25, 0.3) is 20.2 Å². The van der Waals surface area contributed by atoms with Crippen molar-refractivity contribution in [2.75, 3.05) is 25.7 Å². The summed E-state index contributed by atoms with van der Waals surface area (Å²) < 4.78 is 51.3. The molecule has 0 heterocycles. The summed E-state index contributed by atoms with van der Waals surface area (Å²) in [5.41, 5.74) is 10.9. The molecule has 98 valence electrons. The van der Waals surface area contributed by atoms with Gasteiger partial charge in [-0.25, -0.2) is 0 Å². The summed E-state index contributed by atoms with van der Waals surface area (Å²) in [5.74, 6) is 0. The number of hydrogen-bond donors (Lipinski definition) is 2. The van der Waals surface area contributed by atoms with Gasteiger partial charge in [-0.05, 0) is 0 Å². The van der Waals surface area contributed by atoms with E-state index in [0.717, 1.165) is 12.5 Å². The molecule has 0 unspecified atom stereocenters. The average molecular weight is 276 g/mol. The molecule has 0 saturated heterocycles. The monoisotopic (exact) mass is 276 g/mol. The van der Waals surface area contributed by atoms with Crippen LogP contribution < -0.4 is 11.5 Å². The first-order chi connectivity index (χ1) is 7.01. The van der Waals surface area contributed by atoms with Crippen LogP contribution in [-0.2, 0) is 28.6 Å². The zero-order chi connectivity index (χ0) is 13.0. The van der Waals surface area contributed by atoms with Crippen LogP contribution in [0.5, 0.6) is 0 Å². The van der Waals surface area contributed by atoms with Gasteiger partial charge in [-0.15, -0.1) is 0 Å². The highest BCUT2D eigenvalue weighted by Gasteiger charge is 2.18. The van der Waals surface area contributed by atoms with E-state index in [-0.39, 0.29) is 13.2 Å². The van der Waals surface area contributed by atoms with E-state index in [0.29, 0.717) is 0 Å². The fourth-order valence-corrected chi connectivity index (χ4v) is 1.46. The maximum Gasteiger partial charge on any atom is 0.264 e. The van der Waals surface area contributed by atoms with E-state index in [1.165, 1.54) is 0 Å². The lowest BCUT2D eigenvalue weighted by molar-refractivity contribution is 0.230. The van der Waals surface area contributed by atoms with E-state index < -0.39 is 32.3 Å². The largest absolute Gasteiger partial charge is 0.324 e. The summed E-state index contributed by atoms with van der Waals surface area (Å²) in [6.07, 6.45) is 1.75. The number of nitrogens with two attached hydrogens (primary N) is 2. The van der Waals surface area contributed by atoms with Crippen LogP contribution in [0.15, 0.2) is 0 Å². The molecule has 10 heteroatoms. The molecule has 16 heavy (non-hydrogen) atoms. The second-order valence-electron chi connectivity index (χ2n) is 3.30. The number of hydrogen-bond acceptors (Lipinski definition) is 8. The Balaban J connectivity index is 4.05. The van der Waals surface area contributed by atoms with Crippen molar-refractivity contribution in [3.05, 3.63) is 0 Å². The van der Waals surface area contributed by atoms with E-state index in [4.69, 9.17) is 11.5 Å². The van der Waals surface area contributed by atoms with Gasteiger partial charge in [0.1, 0.15) is 0 Å². The molecule has 0 amide bonds. The van der Waals surface area contributed by atoms with Gasteiger partial charge in [0.15, 0.2) is 0 Å². The van der Waals surface area contributed by atoms with Crippen LogP contribution in [-0.4, -0.2) is 54.6 Å². The lowest BCUT2D eigenvalue weighted by atomic mass is 10.2. The van der Waals surface area contributed by atoms with Crippen LogP contribution in [0.2, 0.25) is 0 Å². The Morgan fingerprint density at radius 3 is 1.31 bits per heavy atom. The summed E-state index contributed by atoms with van der Waals surface area (Å²) in [4.78, 5) is 0. The van der Waals surface area contributed by atoms with Crippen molar-refractivity contribution in [1.82, 2.24) is 0 Å². The quantitative estimate of drug-likeness (QED) is 0.490. The number of rotatable bonds is 7. The van der Waals surface area contributed by atoms with E-state index >= 15 is 0 Å². The maximum atomic E-state index is 10.6. The average Bonchev–Trinajstić information content (AvgIpc) is 2.07. The van der Waals surface area contributed by atoms with Gasteiger partial charge in [0.05, 0.1) is 25.7 Å². The van der Waals surface area contributed by atoms with E-state index in [1.54, 1.807) is 0 Å². The van der Waals surface area contributed by atoms with Gasteiger partial charge in [-0.3, -0.25) is 8.37 Å². The van der Waals surface area contributed by atoms with Crippen molar-refractivity contribution in [1.29, 1.82) is 0 Å². The Labute approximate surface area is 95.1 Å². The molecule has 0 rings (SSSR count). The third-order valence-corrected chi connectivity index (χ3v) is 2.63. The van der Waals surface area contributed by atoms with Crippen molar-refractivity contribution in [2.24, 2.45) is 11.5 Å². The second-order valence-corrected chi connectivity index (χ2v) is 6.59. The zero-order valence-corrected chi connectivity index (χ0v) is 10.6. The van der Waals surface area contributed by atoms with Crippen molar-refractivity contribution in [2.45, 2.75) is 12.1 Å². The molecule has 0 aliphatic rings. The van der Waals surface area contributed by atoms with Gasteiger partial charge in [-0.2, -0.15) is 16.8 Å². The topological polar surface area (TPSA) is 139 Å². The summed E-state index contributed by atoms with van der Waals surface area (Å²) in [6.45, 7) is -0.653. The predicted octanol–water partition coefficient (Wildman–Crippen LogP) is -2.41. The lowest BCUT2D eigenvalue weighted by Crippen LogP contribution is -2.48. The first-order valence-electron chi connectivity index (χ1n) is 4.21. The zero-order valence-electron chi connectivity index (χ0n) is 8.99. The summed E-state index contributed by atoms with van der Waals surface area (Å²) in [7, 11) is -7.18. The molecule has 0 aliphatic carbocycles. The van der Waals surface area contributed by atoms with Crippen molar-refractivity contribution < 1.29 is 25.2 Å². The highest BCUT2D eigenvalue weighted by atomic mass is 32.2. The van der Waals surface area contributed by atoms with Crippen LogP contribution in [0.3, 0.4) is 0 Å². The third-order valence-electron chi connectivity index (χ3n) is 1.50. The van der Waals surface area contributed by atoms with Gasteiger partial charge in [0.2, 0.25) is 0 Å². The minimum Gasteiger partial charge on any atom is -0.324 e. The summed E-state index contributed by atoms with van der Waals surface area (Å²) in [5, 5.41) is 0. The second kappa shape index (κ2) is 5.89. The molecule has 0 bridgehead atoms. The standard InChI is InChI=1S/C6H16N2O6S2/c1-15(9,10)13-3-5(7)6(8)4-14-16(2,11)12/h5-6H,3-4,7-8H2,1-2H3/t5-,6-/m1/s1. The van der Waals surface area contributed by atoms with Crippen LogP contribution in [0, 0.1) is 0 Å². The minimum absolute atomic E-state index is 0.326. The molecular formula is C6H16N2O6S2. The molecule has 4 N–H and O–H groups in total. The third kappa shape index (κ3) is 9.00. The highest BCUT2D eigenvalue weighted by molar-refractivity contribution is 7.86. The lowest BCUT2D eigenvalue weighted by Gasteiger charge is -2.18. The maximum absolute atomic E-state index is 10.6. The normalized spacial score (nSPS) is 17.0. The summed E-state index contributed by atoms with van der Waals surface area (Å²) >= 11 is 0. The first kappa shape index (κ1) is 15.7. The molecule has 0 aromatic heterocycles. The predicted molar refractivity (Wildman–Crippen MR) is 57.5 cm³/mol. The van der Waals surface area contributed by atoms with Crippen LogP contribution in [0.25, 0.3) is 0 Å². The van der Waals surface area contributed by atoms with Gasteiger partial charge in [-0.1, -0.05) is 0 Å². The molecule has 0 spiro atoms. The molecule has 2 atom stereocenters. The molecule has 0 aromatic rings. The minimum atomic E-state index is -3.59. The van der Waals surface area contributed by atoms with Gasteiger partial charge in [0, 0.05) is 12.1 Å². The van der Waals surface area contributed by atoms with Gasteiger partial charge >= 0.3 is 0 Å². The Hall–Kier alpha value is -0.260. The van der Waals surface area contributed by atoms with Crippen LogP contribution in [0.4, 0.5) is 0 Å². The smallest absolute Gasteiger partial charge is 0.264 e. The fraction of sp³-hybridized carbons (Fsp3) is 1.00. The molecule has 0 radical (unpaired) electrons.